The van der Waals surface area contributed by atoms with Crippen LogP contribution in [-0.2, 0) is 6.54 Å². The summed E-state index contributed by atoms with van der Waals surface area (Å²) in [5, 5.41) is 10.8. The lowest BCUT2D eigenvalue weighted by Gasteiger charge is -2.12. The number of fused-ring (bicyclic) bond motifs is 1. The number of hydrogen-bond donors (Lipinski definition) is 1. The van der Waals surface area contributed by atoms with Gasteiger partial charge in [-0.1, -0.05) is 18.2 Å². The molecule has 2 heterocycles. The van der Waals surface area contributed by atoms with E-state index >= 15 is 0 Å². The molecule has 1 aliphatic rings. The van der Waals surface area contributed by atoms with E-state index in [9.17, 15) is 19.7 Å². The highest BCUT2D eigenvalue weighted by Gasteiger charge is 2.24. The largest absolute Gasteiger partial charge is 0.350 e. The van der Waals surface area contributed by atoms with Gasteiger partial charge in [0.15, 0.2) is 0 Å². The fourth-order valence-corrected chi connectivity index (χ4v) is 3.62. The molecule has 8 heteroatoms. The van der Waals surface area contributed by atoms with Crippen LogP contribution in [0.15, 0.2) is 44.9 Å². The molecular weight excluding hydrogens is 294 g/mol. The van der Waals surface area contributed by atoms with E-state index in [0.29, 0.717) is 6.54 Å². The van der Waals surface area contributed by atoms with Crippen LogP contribution < -0.4 is 11.2 Å². The van der Waals surface area contributed by atoms with E-state index in [1.165, 1.54) is 4.57 Å². The van der Waals surface area contributed by atoms with Gasteiger partial charge in [0.05, 0.1) is 11.1 Å². The number of nitrogens with zero attached hydrogens (tertiary/aromatic N) is 2. The van der Waals surface area contributed by atoms with Gasteiger partial charge in [0.25, 0.3) is 0 Å². The van der Waals surface area contributed by atoms with Crippen LogP contribution in [0.3, 0.4) is 0 Å². The van der Waals surface area contributed by atoms with E-state index in [4.69, 9.17) is 0 Å². The molecule has 1 N–H and O–H groups in total. The van der Waals surface area contributed by atoms with Crippen molar-refractivity contribution >= 4 is 17.4 Å². The number of benzene rings is 1. The summed E-state index contributed by atoms with van der Waals surface area (Å²) < 4.78 is 1.20. The summed E-state index contributed by atoms with van der Waals surface area (Å²) in [6.07, 6.45) is 1.02. The highest BCUT2D eigenvalue weighted by molar-refractivity contribution is 7.99. The molecule has 0 aliphatic carbocycles. The Balaban J connectivity index is 1.97. The maximum atomic E-state index is 11.8. The minimum atomic E-state index is -0.970. The number of nitrogens with one attached hydrogen (secondary N) is 1. The van der Waals surface area contributed by atoms with Gasteiger partial charge in [-0.25, -0.2) is 4.79 Å². The van der Waals surface area contributed by atoms with Crippen molar-refractivity contribution in [3.8, 4) is 0 Å². The highest BCUT2D eigenvalue weighted by atomic mass is 32.2. The quantitative estimate of drug-likeness (QED) is 0.681. The minimum Gasteiger partial charge on any atom is -0.293 e. The summed E-state index contributed by atoms with van der Waals surface area (Å²) in [6, 6.07) is 7.88. The zero-order chi connectivity index (χ0) is 15.0. The molecule has 0 spiro atoms. The Labute approximate surface area is 122 Å². The van der Waals surface area contributed by atoms with E-state index in [-0.39, 0.29) is 5.92 Å². The third-order valence-electron chi connectivity index (χ3n) is 3.40. The Bertz CT molecular complexity index is 827. The summed E-state index contributed by atoms with van der Waals surface area (Å²) in [5.74, 6) is 0.896. The van der Waals surface area contributed by atoms with Crippen molar-refractivity contribution in [2.24, 2.45) is 0 Å². The molecule has 0 amide bonds. The second-order valence-electron chi connectivity index (χ2n) is 4.73. The Morgan fingerprint density at radius 2 is 2.14 bits per heavy atom. The van der Waals surface area contributed by atoms with E-state index in [0.717, 1.165) is 22.4 Å². The van der Waals surface area contributed by atoms with Crippen molar-refractivity contribution in [1.29, 1.82) is 0 Å². The van der Waals surface area contributed by atoms with Crippen molar-refractivity contribution in [1.82, 2.24) is 9.55 Å². The second kappa shape index (κ2) is 5.21. The van der Waals surface area contributed by atoms with Crippen molar-refractivity contribution in [3.05, 3.63) is 67.0 Å². The third kappa shape index (κ3) is 2.49. The van der Waals surface area contributed by atoms with Gasteiger partial charge in [-0.05, 0) is 11.6 Å². The summed E-state index contributed by atoms with van der Waals surface area (Å²) >= 11 is 1.69. The predicted molar refractivity (Wildman–Crippen MR) is 77.9 cm³/mol. The van der Waals surface area contributed by atoms with Gasteiger partial charge in [-0.2, -0.15) is 0 Å². The topological polar surface area (TPSA) is 98.0 Å². The molecule has 0 bridgehead atoms. The molecule has 0 radical (unpaired) electrons. The van der Waals surface area contributed by atoms with Gasteiger partial charge in [0.1, 0.15) is 0 Å². The van der Waals surface area contributed by atoms with Crippen LogP contribution in [0.1, 0.15) is 11.5 Å². The molecule has 1 unspecified atom stereocenters. The lowest BCUT2D eigenvalue weighted by atomic mass is 10.0. The number of aromatic nitrogens is 2. The van der Waals surface area contributed by atoms with E-state index in [1.54, 1.807) is 11.8 Å². The normalized spacial score (nSPS) is 16.7. The smallest absolute Gasteiger partial charge is 0.293 e. The summed E-state index contributed by atoms with van der Waals surface area (Å²) in [6.45, 7) is 0.306. The lowest BCUT2D eigenvalue weighted by Crippen LogP contribution is -2.32. The average Bonchev–Trinajstić information content (AvgIpc) is 2.85. The fraction of sp³-hybridized carbons (Fsp3) is 0.231. The molecule has 1 aromatic carbocycles. The number of H-pyrrole nitrogens is 1. The van der Waals surface area contributed by atoms with Crippen LogP contribution in [0.25, 0.3) is 0 Å². The number of thioether (sulfide) groups is 1. The molecule has 0 saturated carbocycles. The average molecular weight is 305 g/mol. The highest BCUT2D eigenvalue weighted by Crippen LogP contribution is 2.39. The first-order valence-corrected chi connectivity index (χ1v) is 7.24. The van der Waals surface area contributed by atoms with Crippen molar-refractivity contribution < 1.29 is 4.92 Å². The molecule has 0 saturated heterocycles. The first-order valence-electron chi connectivity index (χ1n) is 6.26. The monoisotopic (exact) mass is 305 g/mol. The van der Waals surface area contributed by atoms with Crippen molar-refractivity contribution in [2.75, 3.05) is 5.75 Å². The molecule has 1 aromatic heterocycles. The molecule has 3 rings (SSSR count). The van der Waals surface area contributed by atoms with Crippen LogP contribution >= 0.6 is 11.8 Å². The second-order valence-corrected chi connectivity index (χ2v) is 5.79. The van der Waals surface area contributed by atoms with Gasteiger partial charge in [-0.15, -0.1) is 11.8 Å². The number of rotatable bonds is 3. The SMILES string of the molecule is O=c1[nH]c(=O)n(CC2CSc3ccccc32)cc1[N+](=O)[O-]. The molecule has 1 atom stereocenters. The Kier molecular flexibility index (Phi) is 3.38. The molecule has 1 aliphatic heterocycles. The number of nitro groups is 1. The summed E-state index contributed by atoms with van der Waals surface area (Å²) in [7, 11) is 0. The van der Waals surface area contributed by atoms with Crippen LogP contribution in [-0.4, -0.2) is 20.2 Å². The fourth-order valence-electron chi connectivity index (χ4n) is 2.38. The van der Waals surface area contributed by atoms with Crippen LogP contribution in [0.4, 0.5) is 5.69 Å². The Hall–Kier alpha value is -2.35. The van der Waals surface area contributed by atoms with Crippen LogP contribution in [0.5, 0.6) is 0 Å². The van der Waals surface area contributed by atoms with Gasteiger partial charge >= 0.3 is 16.9 Å². The molecule has 2 aromatic rings. The molecule has 108 valence electrons. The zero-order valence-electron chi connectivity index (χ0n) is 10.8. The Morgan fingerprint density at radius 3 is 2.90 bits per heavy atom. The molecule has 21 heavy (non-hydrogen) atoms. The van der Waals surface area contributed by atoms with Crippen molar-refractivity contribution in [3.63, 3.8) is 0 Å². The molecule has 0 fully saturated rings. The van der Waals surface area contributed by atoms with Gasteiger partial charge in [-0.3, -0.25) is 24.5 Å². The summed E-state index contributed by atoms with van der Waals surface area (Å²) in [5.41, 5.74) is -1.08. The maximum absolute atomic E-state index is 11.8. The molecular formula is C13H11N3O4S. The van der Waals surface area contributed by atoms with E-state index < -0.39 is 21.9 Å². The van der Waals surface area contributed by atoms with Gasteiger partial charge in [0.2, 0.25) is 0 Å². The van der Waals surface area contributed by atoms with Gasteiger partial charge < -0.3 is 0 Å². The van der Waals surface area contributed by atoms with E-state index in [1.807, 2.05) is 29.2 Å². The standard InChI is InChI=1S/C13H11N3O4S/c17-12-10(16(19)20)6-15(13(18)14-12)5-8-7-21-11-4-2-1-3-9(8)11/h1-4,6,8H,5,7H2,(H,14,17,18). The predicted octanol–water partition coefficient (Wildman–Crippen LogP) is 1.33. The third-order valence-corrected chi connectivity index (χ3v) is 4.66. The van der Waals surface area contributed by atoms with Gasteiger partial charge in [0, 0.05) is 23.1 Å². The number of aromatic amines is 1. The summed E-state index contributed by atoms with van der Waals surface area (Å²) in [4.78, 5) is 36.3. The lowest BCUT2D eigenvalue weighted by molar-refractivity contribution is -0.386. The van der Waals surface area contributed by atoms with Crippen LogP contribution in [0, 0.1) is 10.1 Å². The maximum Gasteiger partial charge on any atom is 0.350 e. The first kappa shape index (κ1) is 13.6. The van der Waals surface area contributed by atoms with E-state index in [2.05, 4.69) is 0 Å². The first-order chi connectivity index (χ1) is 10.1. The minimum absolute atomic E-state index is 0.0920. The number of hydrogen-bond acceptors (Lipinski definition) is 5. The van der Waals surface area contributed by atoms with Crippen molar-refractivity contribution in [2.45, 2.75) is 17.4 Å². The Morgan fingerprint density at radius 1 is 1.38 bits per heavy atom. The zero-order valence-corrected chi connectivity index (χ0v) is 11.6. The molecule has 7 nitrogen and oxygen atoms in total. The van der Waals surface area contributed by atoms with Crippen LogP contribution in [0.2, 0.25) is 0 Å².